The van der Waals surface area contributed by atoms with E-state index < -0.39 is 10.0 Å². The van der Waals surface area contributed by atoms with Gasteiger partial charge in [-0.25, -0.2) is 18.1 Å². The molecule has 0 aliphatic carbocycles. The molecule has 1 heterocycles. The number of aromatic amines is 1. The summed E-state index contributed by atoms with van der Waals surface area (Å²) in [6.45, 7) is 0.606. The number of oxime groups is 1. The zero-order chi connectivity index (χ0) is 15.5. The molecule has 0 bridgehead atoms. The Morgan fingerprint density at radius 2 is 2.24 bits per heavy atom. The average Bonchev–Trinajstić information content (AvgIpc) is 2.84. The molecule has 6 N–H and O–H groups in total. The second kappa shape index (κ2) is 5.97. The lowest BCUT2D eigenvalue weighted by Gasteiger charge is -2.03. The van der Waals surface area contributed by atoms with Gasteiger partial charge >= 0.3 is 0 Å². The molecule has 2 aromatic rings. The van der Waals surface area contributed by atoms with Crippen molar-refractivity contribution in [2.24, 2.45) is 10.9 Å². The molecule has 0 amide bonds. The predicted octanol–water partition coefficient (Wildman–Crippen LogP) is -0.381. The molecule has 0 saturated carbocycles. The predicted molar refractivity (Wildman–Crippen MR) is 79.9 cm³/mol. The Bertz CT molecular complexity index is 767. The van der Waals surface area contributed by atoms with Crippen molar-refractivity contribution < 1.29 is 13.6 Å². The smallest absolute Gasteiger partial charge is 0.208 e. The highest BCUT2D eigenvalue weighted by molar-refractivity contribution is 7.88. The van der Waals surface area contributed by atoms with Crippen molar-refractivity contribution in [2.45, 2.75) is 0 Å². The first-order chi connectivity index (χ1) is 9.90. The minimum atomic E-state index is -3.21. The van der Waals surface area contributed by atoms with Gasteiger partial charge in [0.1, 0.15) is 0 Å². The highest BCUT2D eigenvalue weighted by Crippen LogP contribution is 2.18. The number of amidine groups is 1. The monoisotopic (exact) mass is 312 g/mol. The first kappa shape index (κ1) is 15.1. The number of benzene rings is 1. The number of sulfonamides is 1. The second-order valence-electron chi connectivity index (χ2n) is 4.36. The van der Waals surface area contributed by atoms with Crippen LogP contribution in [0.3, 0.4) is 0 Å². The van der Waals surface area contributed by atoms with Gasteiger partial charge in [-0.1, -0.05) is 11.2 Å². The number of nitrogens with one attached hydrogen (secondary N) is 3. The summed E-state index contributed by atoms with van der Waals surface area (Å²) in [5.74, 6) is 0.452. The number of hydrogen-bond acceptors (Lipinski definition) is 6. The van der Waals surface area contributed by atoms with Gasteiger partial charge in [-0.15, -0.1) is 0 Å². The molecular formula is C11H16N6O3S. The van der Waals surface area contributed by atoms with Crippen molar-refractivity contribution in [3.8, 4) is 0 Å². The van der Waals surface area contributed by atoms with Crippen molar-refractivity contribution in [3.63, 3.8) is 0 Å². The van der Waals surface area contributed by atoms with Crippen molar-refractivity contribution in [1.82, 2.24) is 14.7 Å². The van der Waals surface area contributed by atoms with Crippen LogP contribution in [0, 0.1) is 0 Å². The van der Waals surface area contributed by atoms with Crippen LogP contribution in [0.2, 0.25) is 0 Å². The highest BCUT2D eigenvalue weighted by Gasteiger charge is 2.10. The molecule has 114 valence electrons. The molecule has 0 aliphatic rings. The van der Waals surface area contributed by atoms with Crippen LogP contribution in [0.1, 0.15) is 5.56 Å². The molecule has 10 heteroatoms. The van der Waals surface area contributed by atoms with Crippen LogP contribution in [0.25, 0.3) is 11.0 Å². The number of imidazole rings is 1. The molecule has 0 saturated heterocycles. The zero-order valence-electron chi connectivity index (χ0n) is 11.3. The molecule has 1 aromatic carbocycles. The van der Waals surface area contributed by atoms with E-state index in [1.165, 1.54) is 0 Å². The van der Waals surface area contributed by atoms with E-state index in [4.69, 9.17) is 10.9 Å². The fourth-order valence-electron chi connectivity index (χ4n) is 1.80. The van der Waals surface area contributed by atoms with E-state index in [1.54, 1.807) is 18.2 Å². The number of nitrogens with zero attached hydrogens (tertiary/aromatic N) is 2. The number of aromatic nitrogens is 2. The summed E-state index contributed by atoms with van der Waals surface area (Å²) in [5, 5.41) is 14.7. The van der Waals surface area contributed by atoms with Crippen LogP contribution in [-0.2, 0) is 10.0 Å². The maximum Gasteiger partial charge on any atom is 0.208 e. The van der Waals surface area contributed by atoms with Crippen LogP contribution in [0.5, 0.6) is 0 Å². The van der Waals surface area contributed by atoms with Gasteiger partial charge in [-0.05, 0) is 12.1 Å². The Kier molecular flexibility index (Phi) is 4.29. The number of para-hydroxylation sites is 1. The van der Waals surface area contributed by atoms with Crippen LogP contribution in [0.15, 0.2) is 23.4 Å². The third-order valence-corrected chi connectivity index (χ3v) is 3.41. The summed E-state index contributed by atoms with van der Waals surface area (Å²) in [6.07, 6.45) is 1.09. The second-order valence-corrected chi connectivity index (χ2v) is 6.20. The van der Waals surface area contributed by atoms with Gasteiger partial charge in [0.15, 0.2) is 5.84 Å². The van der Waals surface area contributed by atoms with Gasteiger partial charge in [-0.3, -0.25) is 0 Å². The number of H-pyrrole nitrogens is 1. The summed E-state index contributed by atoms with van der Waals surface area (Å²) in [6, 6.07) is 5.22. The third-order valence-electron chi connectivity index (χ3n) is 2.68. The molecule has 21 heavy (non-hydrogen) atoms. The van der Waals surface area contributed by atoms with Crippen LogP contribution in [0.4, 0.5) is 5.95 Å². The molecule has 9 nitrogen and oxygen atoms in total. The van der Waals surface area contributed by atoms with Crippen molar-refractivity contribution in [1.29, 1.82) is 0 Å². The van der Waals surface area contributed by atoms with Crippen LogP contribution >= 0.6 is 0 Å². The number of nitrogens with two attached hydrogens (primary N) is 1. The Labute approximate surface area is 121 Å². The largest absolute Gasteiger partial charge is 0.409 e. The fraction of sp³-hybridized carbons (Fsp3) is 0.273. The van der Waals surface area contributed by atoms with Gasteiger partial charge in [0, 0.05) is 18.7 Å². The molecule has 1 aromatic heterocycles. The number of fused-ring (bicyclic) bond motifs is 1. The zero-order valence-corrected chi connectivity index (χ0v) is 12.1. The Morgan fingerprint density at radius 1 is 1.48 bits per heavy atom. The van der Waals surface area contributed by atoms with E-state index in [0.29, 0.717) is 29.1 Å². The molecule has 0 spiro atoms. The highest BCUT2D eigenvalue weighted by atomic mass is 32.2. The Hall–Kier alpha value is -2.33. The summed E-state index contributed by atoms with van der Waals surface area (Å²) in [4.78, 5) is 7.29. The van der Waals surface area contributed by atoms with Gasteiger partial charge < -0.3 is 21.2 Å². The first-order valence-electron chi connectivity index (χ1n) is 6.06. The van der Waals surface area contributed by atoms with Gasteiger partial charge in [0.2, 0.25) is 16.0 Å². The van der Waals surface area contributed by atoms with Crippen molar-refractivity contribution >= 4 is 32.8 Å². The van der Waals surface area contributed by atoms with E-state index >= 15 is 0 Å². The van der Waals surface area contributed by atoms with Crippen molar-refractivity contribution in [2.75, 3.05) is 24.7 Å². The van der Waals surface area contributed by atoms with E-state index in [9.17, 15) is 8.42 Å². The van der Waals surface area contributed by atoms with Gasteiger partial charge in [-0.2, -0.15) is 0 Å². The Balaban J connectivity index is 2.12. The molecule has 0 fully saturated rings. The SMILES string of the molecule is CS(=O)(=O)NCCNc1nc2cccc(C(N)=NO)c2[nH]1. The Morgan fingerprint density at radius 3 is 2.90 bits per heavy atom. The summed E-state index contributed by atoms with van der Waals surface area (Å²) in [5.41, 5.74) is 7.41. The minimum Gasteiger partial charge on any atom is -0.409 e. The van der Waals surface area contributed by atoms with E-state index in [1.807, 2.05) is 0 Å². The normalized spacial score (nSPS) is 12.7. The van der Waals surface area contributed by atoms with E-state index in [-0.39, 0.29) is 12.4 Å². The lowest BCUT2D eigenvalue weighted by molar-refractivity contribution is 0.318. The molecule has 0 atom stereocenters. The molecule has 0 aliphatic heterocycles. The van der Waals surface area contributed by atoms with E-state index in [0.717, 1.165) is 6.26 Å². The standard InChI is InChI=1S/C11H16N6O3S/c1-21(19,20)14-6-5-13-11-15-8-4-2-3-7(9(8)16-11)10(12)17-18/h2-4,14,18H,5-6H2,1H3,(H2,12,17)(H2,13,15,16). The summed E-state index contributed by atoms with van der Waals surface area (Å²) in [7, 11) is -3.21. The quantitative estimate of drug-likeness (QED) is 0.161. The third kappa shape index (κ3) is 3.83. The van der Waals surface area contributed by atoms with Gasteiger partial charge in [0.05, 0.1) is 17.3 Å². The summed E-state index contributed by atoms with van der Waals surface area (Å²) < 4.78 is 24.2. The maximum atomic E-state index is 10.9. The molecule has 0 radical (unpaired) electrons. The number of anilines is 1. The number of rotatable bonds is 6. The van der Waals surface area contributed by atoms with Crippen LogP contribution < -0.4 is 15.8 Å². The maximum absolute atomic E-state index is 10.9. The lowest BCUT2D eigenvalue weighted by atomic mass is 10.2. The summed E-state index contributed by atoms with van der Waals surface area (Å²) >= 11 is 0. The topological polar surface area (TPSA) is 145 Å². The average molecular weight is 312 g/mol. The molecule has 2 rings (SSSR count). The minimum absolute atomic E-state index is 0.0189. The molecule has 0 unspecified atom stereocenters. The van der Waals surface area contributed by atoms with E-state index in [2.05, 4.69) is 25.2 Å². The first-order valence-corrected chi connectivity index (χ1v) is 7.95. The van der Waals surface area contributed by atoms with Gasteiger partial charge in [0.25, 0.3) is 0 Å². The van der Waals surface area contributed by atoms with Crippen molar-refractivity contribution in [3.05, 3.63) is 23.8 Å². The number of hydrogen-bond donors (Lipinski definition) is 5. The molecular weight excluding hydrogens is 296 g/mol. The van der Waals surface area contributed by atoms with Crippen LogP contribution in [-0.4, -0.2) is 48.8 Å². The fourth-order valence-corrected chi connectivity index (χ4v) is 2.27. The lowest BCUT2D eigenvalue weighted by Crippen LogP contribution is -2.27.